The zero-order valence-electron chi connectivity index (χ0n) is 10.8. The minimum Gasteiger partial charge on any atom is -0.478 e. The van der Waals surface area contributed by atoms with Gasteiger partial charge in [0.2, 0.25) is 0 Å². The molecule has 0 spiro atoms. The van der Waals surface area contributed by atoms with E-state index in [2.05, 4.69) is 10.3 Å². The van der Waals surface area contributed by atoms with E-state index in [1.165, 1.54) is 29.1 Å². The first-order valence-electron chi connectivity index (χ1n) is 6.16. The van der Waals surface area contributed by atoms with Crippen molar-refractivity contribution in [3.63, 3.8) is 0 Å². The fraction of sp³-hybridized carbons (Fsp3) is 0. The van der Waals surface area contributed by atoms with E-state index in [1.807, 2.05) is 0 Å². The van der Waals surface area contributed by atoms with E-state index >= 15 is 0 Å². The topological polar surface area (TPSA) is 68.0 Å². The fourth-order valence-corrected chi connectivity index (χ4v) is 2.07. The molecule has 3 aromatic rings. The van der Waals surface area contributed by atoms with E-state index < -0.39 is 5.97 Å². The first-order chi connectivity index (χ1) is 10.2. The number of carbonyl (C=O) groups is 1. The van der Waals surface area contributed by atoms with Gasteiger partial charge in [0.05, 0.1) is 23.1 Å². The van der Waals surface area contributed by atoms with Crippen LogP contribution >= 0.6 is 0 Å². The Labute approximate surface area is 119 Å². The summed E-state index contributed by atoms with van der Waals surface area (Å²) in [6.45, 7) is 0. The fourth-order valence-electron chi connectivity index (χ4n) is 2.07. The van der Waals surface area contributed by atoms with Gasteiger partial charge >= 0.3 is 5.97 Å². The SMILES string of the molecule is O=C(O)c1ccccc1-n1nncc1-c1ccc(F)cc1. The van der Waals surface area contributed by atoms with Crippen molar-refractivity contribution >= 4 is 5.97 Å². The number of benzene rings is 2. The zero-order chi connectivity index (χ0) is 14.8. The molecule has 21 heavy (non-hydrogen) atoms. The Morgan fingerprint density at radius 1 is 1.10 bits per heavy atom. The molecular formula is C15H10FN3O2. The van der Waals surface area contributed by atoms with Crippen LogP contribution in [0.3, 0.4) is 0 Å². The Hall–Kier alpha value is -3.02. The minimum atomic E-state index is -1.05. The number of hydrogen-bond acceptors (Lipinski definition) is 3. The monoisotopic (exact) mass is 283 g/mol. The first-order valence-corrected chi connectivity index (χ1v) is 6.16. The van der Waals surface area contributed by atoms with Crippen LogP contribution in [0.5, 0.6) is 0 Å². The molecule has 0 unspecified atom stereocenters. The predicted octanol–water partition coefficient (Wildman–Crippen LogP) is 2.77. The van der Waals surface area contributed by atoms with Gasteiger partial charge in [0.15, 0.2) is 0 Å². The summed E-state index contributed by atoms with van der Waals surface area (Å²) in [7, 11) is 0. The first kappa shape index (κ1) is 13.0. The summed E-state index contributed by atoms with van der Waals surface area (Å²) >= 11 is 0. The highest BCUT2D eigenvalue weighted by Crippen LogP contribution is 2.23. The van der Waals surface area contributed by atoms with Crippen molar-refractivity contribution in [1.82, 2.24) is 15.0 Å². The highest BCUT2D eigenvalue weighted by molar-refractivity contribution is 5.92. The van der Waals surface area contributed by atoms with Crippen LogP contribution in [0.2, 0.25) is 0 Å². The number of rotatable bonds is 3. The third-order valence-electron chi connectivity index (χ3n) is 3.05. The molecule has 0 fully saturated rings. The van der Waals surface area contributed by atoms with Crippen LogP contribution in [0.15, 0.2) is 54.7 Å². The van der Waals surface area contributed by atoms with Crippen LogP contribution in [-0.4, -0.2) is 26.1 Å². The van der Waals surface area contributed by atoms with E-state index in [-0.39, 0.29) is 11.4 Å². The lowest BCUT2D eigenvalue weighted by Gasteiger charge is -2.09. The molecule has 104 valence electrons. The van der Waals surface area contributed by atoms with Gasteiger partial charge in [0, 0.05) is 5.56 Å². The molecule has 0 atom stereocenters. The highest BCUT2D eigenvalue weighted by Gasteiger charge is 2.15. The van der Waals surface area contributed by atoms with E-state index in [0.717, 1.165) is 0 Å². The normalized spacial score (nSPS) is 10.5. The number of aromatic nitrogens is 3. The van der Waals surface area contributed by atoms with E-state index in [1.54, 1.807) is 30.3 Å². The van der Waals surface area contributed by atoms with E-state index in [9.17, 15) is 14.3 Å². The number of carboxylic acids is 1. The lowest BCUT2D eigenvalue weighted by Crippen LogP contribution is -2.07. The van der Waals surface area contributed by atoms with Gasteiger partial charge in [-0.15, -0.1) is 5.10 Å². The molecular weight excluding hydrogens is 273 g/mol. The Bertz CT molecular complexity index is 797. The van der Waals surface area contributed by atoms with Crippen molar-refractivity contribution < 1.29 is 14.3 Å². The molecule has 0 radical (unpaired) electrons. The van der Waals surface area contributed by atoms with Gasteiger partial charge in [0.25, 0.3) is 0 Å². The number of carboxylic acid groups (broad SMARTS) is 1. The van der Waals surface area contributed by atoms with Crippen molar-refractivity contribution in [3.8, 4) is 16.9 Å². The Morgan fingerprint density at radius 2 is 1.81 bits per heavy atom. The molecule has 5 nitrogen and oxygen atoms in total. The summed E-state index contributed by atoms with van der Waals surface area (Å²) in [5, 5.41) is 17.0. The zero-order valence-corrected chi connectivity index (χ0v) is 10.8. The molecule has 1 N–H and O–H groups in total. The molecule has 0 aliphatic carbocycles. The molecule has 2 aromatic carbocycles. The summed E-state index contributed by atoms with van der Waals surface area (Å²) in [5.74, 6) is -1.39. The standard InChI is InChI=1S/C15H10FN3O2/c16-11-7-5-10(6-8-11)14-9-17-18-19(14)13-4-2-1-3-12(13)15(20)21/h1-9H,(H,20,21). The molecule has 0 bridgehead atoms. The quantitative estimate of drug-likeness (QED) is 0.802. The van der Waals surface area contributed by atoms with Crippen LogP contribution in [0.4, 0.5) is 4.39 Å². The second-order valence-electron chi connectivity index (χ2n) is 4.36. The van der Waals surface area contributed by atoms with Gasteiger partial charge in [-0.3, -0.25) is 0 Å². The van der Waals surface area contributed by atoms with Crippen molar-refractivity contribution in [2.45, 2.75) is 0 Å². The maximum absolute atomic E-state index is 13.0. The van der Waals surface area contributed by atoms with E-state index in [0.29, 0.717) is 16.9 Å². The minimum absolute atomic E-state index is 0.117. The van der Waals surface area contributed by atoms with Gasteiger partial charge in [-0.2, -0.15) is 0 Å². The Kier molecular flexibility index (Phi) is 3.19. The summed E-state index contributed by atoms with van der Waals surface area (Å²) in [5.41, 5.74) is 1.80. The summed E-state index contributed by atoms with van der Waals surface area (Å²) in [6, 6.07) is 12.3. The molecule has 1 aromatic heterocycles. The molecule has 3 rings (SSSR count). The second kappa shape index (κ2) is 5.16. The van der Waals surface area contributed by atoms with Gasteiger partial charge < -0.3 is 5.11 Å². The van der Waals surface area contributed by atoms with Crippen molar-refractivity contribution in [1.29, 1.82) is 0 Å². The van der Waals surface area contributed by atoms with Gasteiger partial charge in [-0.05, 0) is 36.4 Å². The molecule has 0 saturated carbocycles. The third kappa shape index (κ3) is 2.38. The average molecular weight is 283 g/mol. The van der Waals surface area contributed by atoms with Gasteiger partial charge in [-0.1, -0.05) is 17.3 Å². The Balaban J connectivity index is 2.16. The number of aromatic carboxylic acids is 1. The summed E-state index contributed by atoms with van der Waals surface area (Å²) < 4.78 is 14.4. The molecule has 0 saturated heterocycles. The van der Waals surface area contributed by atoms with Crippen molar-refractivity contribution in [2.75, 3.05) is 0 Å². The van der Waals surface area contributed by atoms with Gasteiger partial charge in [0.1, 0.15) is 5.82 Å². The summed E-state index contributed by atoms with van der Waals surface area (Å²) in [6.07, 6.45) is 1.51. The second-order valence-corrected chi connectivity index (χ2v) is 4.36. The average Bonchev–Trinajstić information content (AvgIpc) is 2.97. The number of hydrogen-bond donors (Lipinski definition) is 1. The number of nitrogens with zero attached hydrogens (tertiary/aromatic N) is 3. The highest BCUT2D eigenvalue weighted by atomic mass is 19.1. The lowest BCUT2D eigenvalue weighted by atomic mass is 10.1. The van der Waals surface area contributed by atoms with Crippen LogP contribution in [0, 0.1) is 5.82 Å². The number of para-hydroxylation sites is 1. The smallest absolute Gasteiger partial charge is 0.337 e. The number of halogens is 1. The molecule has 0 amide bonds. The van der Waals surface area contributed by atoms with Crippen molar-refractivity contribution in [3.05, 3.63) is 66.1 Å². The molecule has 1 heterocycles. The van der Waals surface area contributed by atoms with Crippen LogP contribution < -0.4 is 0 Å². The van der Waals surface area contributed by atoms with Crippen molar-refractivity contribution in [2.24, 2.45) is 0 Å². The molecule has 0 aliphatic heterocycles. The van der Waals surface area contributed by atoms with Crippen LogP contribution in [-0.2, 0) is 0 Å². The molecule has 6 heteroatoms. The summed E-state index contributed by atoms with van der Waals surface area (Å²) in [4.78, 5) is 11.3. The van der Waals surface area contributed by atoms with Crippen LogP contribution in [0.25, 0.3) is 16.9 Å². The maximum Gasteiger partial charge on any atom is 0.337 e. The van der Waals surface area contributed by atoms with E-state index in [4.69, 9.17) is 0 Å². The van der Waals surface area contributed by atoms with Crippen LogP contribution in [0.1, 0.15) is 10.4 Å². The Morgan fingerprint density at radius 3 is 2.52 bits per heavy atom. The third-order valence-corrected chi connectivity index (χ3v) is 3.05. The lowest BCUT2D eigenvalue weighted by molar-refractivity contribution is 0.0696. The molecule has 0 aliphatic rings. The van der Waals surface area contributed by atoms with Gasteiger partial charge in [-0.25, -0.2) is 13.9 Å². The largest absolute Gasteiger partial charge is 0.478 e. The maximum atomic E-state index is 13.0. The predicted molar refractivity (Wildman–Crippen MR) is 73.7 cm³/mol.